The molecule has 0 spiro atoms. The molecule has 106 valence electrons. The number of rotatable bonds is 4. The minimum absolute atomic E-state index is 0.275. The van der Waals surface area contributed by atoms with Crippen LogP contribution >= 0.6 is 0 Å². The van der Waals surface area contributed by atoms with E-state index in [2.05, 4.69) is 10.3 Å². The second-order valence-corrected chi connectivity index (χ2v) is 4.37. The van der Waals surface area contributed by atoms with Gasteiger partial charge in [-0.3, -0.25) is 14.0 Å². The molecule has 1 atom stereocenters. The molecular formula is C13H15N3O4. The van der Waals surface area contributed by atoms with E-state index in [-0.39, 0.29) is 17.3 Å². The summed E-state index contributed by atoms with van der Waals surface area (Å²) in [7, 11) is 1.51. The van der Waals surface area contributed by atoms with Gasteiger partial charge in [0.1, 0.15) is 5.65 Å². The lowest BCUT2D eigenvalue weighted by atomic mass is 10.2. The van der Waals surface area contributed by atoms with Gasteiger partial charge in [-0.15, -0.1) is 0 Å². The van der Waals surface area contributed by atoms with Gasteiger partial charge in [0.2, 0.25) is 5.88 Å². The van der Waals surface area contributed by atoms with Gasteiger partial charge in [-0.2, -0.15) is 4.98 Å². The molecule has 0 aliphatic rings. The van der Waals surface area contributed by atoms with Crippen molar-refractivity contribution < 1.29 is 14.6 Å². The Hall–Kier alpha value is -2.41. The van der Waals surface area contributed by atoms with Crippen molar-refractivity contribution in [3.8, 4) is 5.88 Å². The summed E-state index contributed by atoms with van der Waals surface area (Å²) in [6, 6.07) is 4.60. The van der Waals surface area contributed by atoms with Crippen LogP contribution in [-0.4, -0.2) is 40.2 Å². The fourth-order valence-electron chi connectivity index (χ4n) is 1.86. The molecule has 2 N–H and O–H groups in total. The fraction of sp³-hybridized carbons (Fsp3) is 0.308. The van der Waals surface area contributed by atoms with Crippen LogP contribution in [0.5, 0.6) is 5.88 Å². The first-order valence-electron chi connectivity index (χ1n) is 6.04. The molecule has 20 heavy (non-hydrogen) atoms. The van der Waals surface area contributed by atoms with Crippen LogP contribution in [0.4, 0.5) is 0 Å². The first kappa shape index (κ1) is 14.0. The lowest BCUT2D eigenvalue weighted by molar-refractivity contribution is 0.0900. The molecule has 2 aromatic heterocycles. The molecule has 2 heterocycles. The highest BCUT2D eigenvalue weighted by Crippen LogP contribution is 2.11. The summed E-state index contributed by atoms with van der Waals surface area (Å²) in [4.78, 5) is 28.1. The predicted molar refractivity (Wildman–Crippen MR) is 71.9 cm³/mol. The number of carbonyl (C=O) groups excluding carboxylic acids is 1. The van der Waals surface area contributed by atoms with Crippen molar-refractivity contribution in [3.05, 3.63) is 40.3 Å². The number of fused-ring (bicyclic) bond motifs is 1. The second kappa shape index (κ2) is 5.70. The Morgan fingerprint density at radius 2 is 2.30 bits per heavy atom. The molecule has 1 amide bonds. The minimum Gasteiger partial charge on any atom is -0.493 e. The predicted octanol–water partition coefficient (Wildman–Crippen LogP) is 0.165. The third kappa shape index (κ3) is 2.62. The van der Waals surface area contributed by atoms with E-state index in [9.17, 15) is 14.7 Å². The molecule has 2 rings (SSSR count). The van der Waals surface area contributed by atoms with Gasteiger partial charge in [0.25, 0.3) is 11.5 Å². The van der Waals surface area contributed by atoms with Crippen LogP contribution in [0.2, 0.25) is 0 Å². The van der Waals surface area contributed by atoms with Crippen LogP contribution < -0.4 is 10.9 Å². The fourth-order valence-corrected chi connectivity index (χ4v) is 1.86. The molecule has 0 unspecified atom stereocenters. The molecular weight excluding hydrogens is 262 g/mol. The highest BCUT2D eigenvalue weighted by Gasteiger charge is 2.20. The summed E-state index contributed by atoms with van der Waals surface area (Å²) >= 11 is 0. The van der Waals surface area contributed by atoms with E-state index in [0.29, 0.717) is 6.61 Å². The summed E-state index contributed by atoms with van der Waals surface area (Å²) in [6.07, 6.45) is 1.49. The number of aromatic hydroxyl groups is 1. The Morgan fingerprint density at radius 3 is 3.00 bits per heavy atom. The standard InChI is InChI=1S/C13H15N3O4/c1-8(7-20-2)14-11(17)10-12(18)15-9-5-3-4-6-16(9)13(10)19/h3-6,8,18H,7H2,1-2H3,(H,14,17)/t8-/m1/s1. The number of aromatic nitrogens is 2. The molecule has 7 nitrogen and oxygen atoms in total. The third-order valence-corrected chi connectivity index (χ3v) is 2.74. The highest BCUT2D eigenvalue weighted by molar-refractivity contribution is 5.96. The average molecular weight is 277 g/mol. The monoisotopic (exact) mass is 277 g/mol. The van der Waals surface area contributed by atoms with E-state index in [0.717, 1.165) is 0 Å². The van der Waals surface area contributed by atoms with Crippen molar-refractivity contribution in [2.45, 2.75) is 13.0 Å². The van der Waals surface area contributed by atoms with Crippen molar-refractivity contribution in [3.63, 3.8) is 0 Å². The topological polar surface area (TPSA) is 92.9 Å². The van der Waals surface area contributed by atoms with E-state index >= 15 is 0 Å². The number of nitrogens with zero attached hydrogens (tertiary/aromatic N) is 2. The van der Waals surface area contributed by atoms with Crippen molar-refractivity contribution >= 4 is 11.6 Å². The molecule has 0 saturated carbocycles. The van der Waals surface area contributed by atoms with Gasteiger partial charge in [-0.05, 0) is 19.1 Å². The summed E-state index contributed by atoms with van der Waals surface area (Å²) < 4.78 is 6.10. The SMILES string of the molecule is COC[C@@H](C)NC(=O)c1c(O)nc2ccccn2c1=O. The van der Waals surface area contributed by atoms with Crippen molar-refractivity contribution in [2.24, 2.45) is 0 Å². The first-order chi connectivity index (χ1) is 9.54. The number of pyridine rings is 1. The van der Waals surface area contributed by atoms with Crippen molar-refractivity contribution in [2.75, 3.05) is 13.7 Å². The van der Waals surface area contributed by atoms with Gasteiger partial charge in [-0.25, -0.2) is 0 Å². The molecule has 0 fully saturated rings. The van der Waals surface area contributed by atoms with Gasteiger partial charge in [0.15, 0.2) is 5.56 Å². The van der Waals surface area contributed by atoms with E-state index in [1.165, 1.54) is 17.7 Å². The number of hydrogen-bond acceptors (Lipinski definition) is 5. The third-order valence-electron chi connectivity index (χ3n) is 2.74. The molecule has 0 saturated heterocycles. The van der Waals surface area contributed by atoms with Crippen molar-refractivity contribution in [1.82, 2.24) is 14.7 Å². The van der Waals surface area contributed by atoms with Crippen LogP contribution in [-0.2, 0) is 4.74 Å². The minimum atomic E-state index is -0.678. The smallest absolute Gasteiger partial charge is 0.274 e. The van der Waals surface area contributed by atoms with E-state index in [1.807, 2.05) is 0 Å². The number of methoxy groups -OCH3 is 1. The Balaban J connectivity index is 2.44. The summed E-state index contributed by atoms with van der Waals surface area (Å²) in [5, 5.41) is 12.4. The maximum atomic E-state index is 12.2. The highest BCUT2D eigenvalue weighted by atomic mass is 16.5. The number of carbonyl (C=O) groups is 1. The Bertz CT molecular complexity index is 696. The van der Waals surface area contributed by atoms with E-state index in [4.69, 9.17) is 4.74 Å². The zero-order chi connectivity index (χ0) is 14.7. The van der Waals surface area contributed by atoms with Crippen LogP contribution in [0.1, 0.15) is 17.3 Å². The normalized spacial score (nSPS) is 12.3. The van der Waals surface area contributed by atoms with Gasteiger partial charge in [0.05, 0.1) is 6.61 Å². The molecule has 2 aromatic rings. The van der Waals surface area contributed by atoms with E-state index < -0.39 is 17.3 Å². The number of ether oxygens (including phenoxy) is 1. The zero-order valence-corrected chi connectivity index (χ0v) is 11.2. The lowest BCUT2D eigenvalue weighted by Crippen LogP contribution is -2.39. The summed E-state index contributed by atoms with van der Waals surface area (Å²) in [5.41, 5.74) is -0.719. The number of nitrogens with one attached hydrogen (secondary N) is 1. The number of amides is 1. The maximum Gasteiger partial charge on any atom is 0.274 e. The van der Waals surface area contributed by atoms with Gasteiger partial charge in [0, 0.05) is 19.3 Å². The Morgan fingerprint density at radius 1 is 1.55 bits per heavy atom. The van der Waals surface area contributed by atoms with Crippen LogP contribution in [0.15, 0.2) is 29.2 Å². The lowest BCUT2D eigenvalue weighted by Gasteiger charge is -2.13. The first-order valence-corrected chi connectivity index (χ1v) is 6.04. The molecule has 0 aliphatic heterocycles. The summed E-state index contributed by atoms with van der Waals surface area (Å²) in [6.45, 7) is 2.03. The van der Waals surface area contributed by atoms with Crippen LogP contribution in [0.25, 0.3) is 5.65 Å². The summed E-state index contributed by atoms with van der Waals surface area (Å²) in [5.74, 6) is -1.26. The maximum absolute atomic E-state index is 12.2. The molecule has 0 aliphatic carbocycles. The zero-order valence-electron chi connectivity index (χ0n) is 11.2. The number of hydrogen-bond donors (Lipinski definition) is 2. The van der Waals surface area contributed by atoms with Crippen molar-refractivity contribution in [1.29, 1.82) is 0 Å². The molecule has 0 bridgehead atoms. The van der Waals surface area contributed by atoms with Gasteiger partial charge >= 0.3 is 0 Å². The Kier molecular flexibility index (Phi) is 3.99. The quantitative estimate of drug-likeness (QED) is 0.830. The average Bonchev–Trinajstić information content (AvgIpc) is 2.38. The van der Waals surface area contributed by atoms with E-state index in [1.54, 1.807) is 25.1 Å². The van der Waals surface area contributed by atoms with Crippen LogP contribution in [0, 0.1) is 0 Å². The Labute approximate surface area is 114 Å². The molecule has 0 aromatic carbocycles. The van der Waals surface area contributed by atoms with Crippen LogP contribution in [0.3, 0.4) is 0 Å². The van der Waals surface area contributed by atoms with Gasteiger partial charge < -0.3 is 15.2 Å². The largest absolute Gasteiger partial charge is 0.493 e. The molecule has 7 heteroatoms. The second-order valence-electron chi connectivity index (χ2n) is 4.37. The van der Waals surface area contributed by atoms with Gasteiger partial charge in [-0.1, -0.05) is 6.07 Å². The molecule has 0 radical (unpaired) electrons.